The Kier molecular flexibility index (Phi) is 6.50. The third-order valence-electron chi connectivity index (χ3n) is 1.58. The van der Waals surface area contributed by atoms with Gasteiger partial charge in [0.15, 0.2) is 0 Å². The molecule has 0 N–H and O–H groups in total. The Balaban J connectivity index is 0.00000169. The van der Waals surface area contributed by atoms with E-state index in [4.69, 9.17) is 17.9 Å². The zero-order chi connectivity index (χ0) is 9.68. The van der Waals surface area contributed by atoms with Gasteiger partial charge >= 0.3 is 29.6 Å². The first-order valence-corrected chi connectivity index (χ1v) is 4.09. The minimum absolute atomic E-state index is 0. The number of hydrogen-bond donors (Lipinski definition) is 0. The van der Waals surface area contributed by atoms with Gasteiger partial charge in [-0.25, -0.2) is 0 Å². The predicted octanol–water partition coefficient (Wildman–Crippen LogP) is -1.49. The van der Waals surface area contributed by atoms with Crippen LogP contribution in [0.25, 0.3) is 0 Å². The molecule has 0 spiro atoms. The molecule has 5 heteroatoms. The van der Waals surface area contributed by atoms with E-state index in [1.54, 1.807) is 18.1 Å². The van der Waals surface area contributed by atoms with Crippen LogP contribution in [0.3, 0.4) is 0 Å². The second kappa shape index (κ2) is 6.80. The van der Waals surface area contributed by atoms with Crippen LogP contribution in [-0.4, -0.2) is 12.2 Å². The molecule has 0 amide bonds. The summed E-state index contributed by atoms with van der Waals surface area (Å²) in [7, 11) is 1.78. The first kappa shape index (κ1) is 13.4. The molecule has 0 radical (unpaired) electrons. The van der Waals surface area contributed by atoms with E-state index in [0.29, 0.717) is 0 Å². The molecule has 0 fully saturated rings. The summed E-state index contributed by atoms with van der Waals surface area (Å²) in [6, 6.07) is 9.53. The third-order valence-corrected chi connectivity index (χ3v) is 1.94. The minimum Gasteiger partial charge on any atom is -0.741 e. The molecular weight excluding hydrogens is 205 g/mol. The van der Waals surface area contributed by atoms with Gasteiger partial charge < -0.3 is 17.5 Å². The summed E-state index contributed by atoms with van der Waals surface area (Å²) < 4.78 is 0. The second-order valence-corrected chi connectivity index (χ2v) is 2.75. The number of aliphatic imine (C=N–C) groups is 1. The molecule has 0 aromatic heterocycles. The van der Waals surface area contributed by atoms with E-state index in [2.05, 4.69) is 4.99 Å². The van der Waals surface area contributed by atoms with Gasteiger partial charge in [0, 0.05) is 12.7 Å². The van der Waals surface area contributed by atoms with Gasteiger partial charge in [-0.3, -0.25) is 0 Å². The number of para-hydroxylation sites is 1. The predicted molar refractivity (Wildman–Crippen MR) is 55.3 cm³/mol. The monoisotopic (exact) mass is 213 g/mol. The maximum atomic E-state index is 8.30. The van der Waals surface area contributed by atoms with E-state index in [9.17, 15) is 0 Å². The number of benzene rings is 1. The number of rotatable bonds is 1. The molecule has 0 saturated carbocycles. The summed E-state index contributed by atoms with van der Waals surface area (Å²) >= 11 is 4.89. The smallest absolute Gasteiger partial charge is 0.741 e. The van der Waals surface area contributed by atoms with E-state index in [0.717, 1.165) is 5.69 Å². The Bertz CT molecular complexity index is 345. The van der Waals surface area contributed by atoms with Crippen LogP contribution < -0.4 is 34.5 Å². The van der Waals surface area contributed by atoms with Crippen molar-refractivity contribution in [2.75, 3.05) is 11.9 Å². The fourth-order valence-corrected chi connectivity index (χ4v) is 1.03. The van der Waals surface area contributed by atoms with Crippen LogP contribution in [0.1, 0.15) is 0 Å². The summed E-state index contributed by atoms with van der Waals surface area (Å²) in [4.78, 5) is 5.14. The Morgan fingerprint density at radius 1 is 1.43 bits per heavy atom. The van der Waals surface area contributed by atoms with Crippen LogP contribution in [-0.2, 0) is 12.6 Å². The molecule has 0 atom stereocenters. The number of hydrogen-bond acceptors (Lipinski definition) is 3. The molecule has 0 bridgehead atoms. The van der Waals surface area contributed by atoms with Gasteiger partial charge in [0.05, 0.1) is 0 Å². The zero-order valence-electron chi connectivity index (χ0n) is 8.14. The number of nitriles is 1. The fraction of sp³-hybridized carbons (Fsp3) is 0.111. The molecule has 3 nitrogen and oxygen atoms in total. The van der Waals surface area contributed by atoms with Crippen molar-refractivity contribution in [3.8, 4) is 6.19 Å². The molecule has 1 aromatic carbocycles. The zero-order valence-corrected chi connectivity index (χ0v) is 11.0. The van der Waals surface area contributed by atoms with Gasteiger partial charge in [-0.15, -0.1) is 0 Å². The molecule has 66 valence electrons. The molecule has 1 aromatic rings. The average Bonchev–Trinajstić information content (AvgIpc) is 2.18. The van der Waals surface area contributed by atoms with Gasteiger partial charge in [-0.1, -0.05) is 18.2 Å². The Labute approximate surface area is 111 Å². The topological polar surface area (TPSA) is 39.4 Å². The molecule has 0 aliphatic heterocycles. The van der Waals surface area contributed by atoms with Gasteiger partial charge in [0.1, 0.15) is 0 Å². The van der Waals surface area contributed by atoms with Gasteiger partial charge in [0.25, 0.3) is 0 Å². The van der Waals surface area contributed by atoms with Gasteiger partial charge in [0.2, 0.25) is 6.19 Å². The quantitative estimate of drug-likeness (QED) is 0.188. The van der Waals surface area contributed by atoms with Crippen molar-refractivity contribution in [1.82, 2.24) is 0 Å². The molecule has 0 aliphatic rings. The molecule has 0 saturated heterocycles. The Hall–Kier alpha value is -0.600. The number of nitrogens with zero attached hydrogens (tertiary/aromatic N) is 3. The average molecular weight is 213 g/mol. The van der Waals surface area contributed by atoms with Crippen molar-refractivity contribution in [1.29, 1.82) is 5.26 Å². The molecule has 0 unspecified atom stereocenters. The maximum absolute atomic E-state index is 8.30. The summed E-state index contributed by atoms with van der Waals surface area (Å²) in [5.41, 5.74) is 0.923. The third kappa shape index (κ3) is 3.64. The Morgan fingerprint density at radius 3 is 2.50 bits per heavy atom. The first-order chi connectivity index (χ1) is 6.25. The largest absolute Gasteiger partial charge is 1.00 e. The first-order valence-electron chi connectivity index (χ1n) is 3.68. The fourth-order valence-electron chi connectivity index (χ4n) is 0.880. The minimum atomic E-state index is 0. The summed E-state index contributed by atoms with van der Waals surface area (Å²) in [6.45, 7) is 0. The molecule has 0 heterocycles. The summed E-state index contributed by atoms with van der Waals surface area (Å²) in [5, 5.41) is 8.57. The van der Waals surface area contributed by atoms with Crippen molar-refractivity contribution in [2.45, 2.75) is 0 Å². The second-order valence-electron chi connectivity index (χ2n) is 2.39. The van der Waals surface area contributed by atoms with E-state index >= 15 is 0 Å². The van der Waals surface area contributed by atoms with Gasteiger partial charge in [-0.2, -0.15) is 10.3 Å². The van der Waals surface area contributed by atoms with E-state index < -0.39 is 0 Å². The van der Waals surface area contributed by atoms with Crippen molar-refractivity contribution in [3.63, 3.8) is 0 Å². The van der Waals surface area contributed by atoms with E-state index in [-0.39, 0.29) is 34.7 Å². The summed E-state index contributed by atoms with van der Waals surface area (Å²) in [6.07, 6.45) is 1.66. The standard InChI is InChI=1S/C9H9N3S.Na/c1-12(9(13)11-7-10)8-5-3-2-4-6-8;/h2-6H,1H3,(H,11,13);/q;+1/p-1. The van der Waals surface area contributed by atoms with Crippen molar-refractivity contribution >= 4 is 23.5 Å². The van der Waals surface area contributed by atoms with Crippen LogP contribution in [0.5, 0.6) is 0 Å². The SMILES string of the molecule is CN(C([S-])=NC#N)c1ccccc1.[Na+]. The number of anilines is 1. The van der Waals surface area contributed by atoms with Crippen LogP contribution in [0.4, 0.5) is 5.69 Å². The van der Waals surface area contributed by atoms with Crippen LogP contribution in [0.15, 0.2) is 35.3 Å². The molecule has 1 rings (SSSR count). The Morgan fingerprint density at radius 2 is 2.00 bits per heavy atom. The van der Waals surface area contributed by atoms with Crippen LogP contribution in [0, 0.1) is 11.5 Å². The van der Waals surface area contributed by atoms with Crippen LogP contribution in [0.2, 0.25) is 0 Å². The maximum Gasteiger partial charge on any atom is 1.00 e. The summed E-state index contributed by atoms with van der Waals surface area (Å²) in [5.74, 6) is 0. The van der Waals surface area contributed by atoms with Crippen molar-refractivity contribution in [3.05, 3.63) is 30.3 Å². The van der Waals surface area contributed by atoms with Crippen LogP contribution >= 0.6 is 0 Å². The normalized spacial score (nSPS) is 9.86. The molecule has 0 aliphatic carbocycles. The van der Waals surface area contributed by atoms with Crippen molar-refractivity contribution < 1.29 is 29.6 Å². The van der Waals surface area contributed by atoms with E-state index in [1.807, 2.05) is 30.3 Å². The van der Waals surface area contributed by atoms with Gasteiger partial charge in [-0.05, 0) is 17.3 Å². The van der Waals surface area contributed by atoms with E-state index in [1.165, 1.54) is 0 Å². The van der Waals surface area contributed by atoms with Crippen molar-refractivity contribution in [2.24, 2.45) is 4.99 Å². The molecular formula is C9H8N3NaS. The number of amidine groups is 1. The molecule has 14 heavy (non-hydrogen) atoms.